The van der Waals surface area contributed by atoms with Crippen molar-refractivity contribution in [1.29, 1.82) is 0 Å². The van der Waals surface area contributed by atoms with E-state index in [2.05, 4.69) is 18.7 Å². The number of carboxylic acids is 1. The summed E-state index contributed by atoms with van der Waals surface area (Å²) in [5.74, 6) is 0.174. The number of carbonyl (C=O) groups is 1. The van der Waals surface area contributed by atoms with Gasteiger partial charge >= 0.3 is 5.97 Å². The van der Waals surface area contributed by atoms with E-state index in [1.54, 1.807) is 0 Å². The second-order valence-electron chi connectivity index (χ2n) is 6.93. The molecule has 4 atom stereocenters. The van der Waals surface area contributed by atoms with Gasteiger partial charge in [-0.25, -0.2) is 0 Å². The standard InChI is InChI=1S/C17H31NO3/c1-3-5-16-11-15(7-9-21-16)18-8-4-6-14(12-18)13(2)10-17(19)20/h13-16H,3-12H2,1-2H3,(H,19,20). The van der Waals surface area contributed by atoms with E-state index >= 15 is 0 Å². The van der Waals surface area contributed by atoms with Gasteiger partial charge in [-0.15, -0.1) is 0 Å². The third-order valence-corrected chi connectivity index (χ3v) is 5.26. The number of hydrogen-bond acceptors (Lipinski definition) is 3. The van der Waals surface area contributed by atoms with Crippen LogP contribution in [-0.2, 0) is 9.53 Å². The SMILES string of the molecule is CCCC1CC(N2CCCC(C(C)CC(=O)O)C2)CCO1. The second-order valence-corrected chi connectivity index (χ2v) is 6.93. The van der Waals surface area contributed by atoms with Crippen molar-refractivity contribution >= 4 is 5.97 Å². The van der Waals surface area contributed by atoms with Gasteiger partial charge in [0.2, 0.25) is 0 Å². The molecule has 2 saturated heterocycles. The zero-order valence-corrected chi connectivity index (χ0v) is 13.6. The van der Waals surface area contributed by atoms with Crippen LogP contribution >= 0.6 is 0 Å². The first-order valence-corrected chi connectivity index (χ1v) is 8.67. The van der Waals surface area contributed by atoms with Gasteiger partial charge < -0.3 is 9.84 Å². The Labute approximate surface area is 128 Å². The average molecular weight is 297 g/mol. The van der Waals surface area contributed by atoms with Gasteiger partial charge in [-0.2, -0.15) is 0 Å². The molecule has 4 unspecified atom stereocenters. The van der Waals surface area contributed by atoms with Crippen molar-refractivity contribution in [2.24, 2.45) is 11.8 Å². The molecule has 0 radical (unpaired) electrons. The van der Waals surface area contributed by atoms with E-state index in [-0.39, 0.29) is 5.92 Å². The van der Waals surface area contributed by atoms with E-state index in [0.717, 1.165) is 26.0 Å². The number of nitrogens with zero attached hydrogens (tertiary/aromatic N) is 1. The highest BCUT2D eigenvalue weighted by atomic mass is 16.5. The largest absolute Gasteiger partial charge is 0.481 e. The summed E-state index contributed by atoms with van der Waals surface area (Å²) in [5, 5.41) is 8.99. The first-order valence-electron chi connectivity index (χ1n) is 8.67. The van der Waals surface area contributed by atoms with Gasteiger partial charge in [0.25, 0.3) is 0 Å². The molecule has 0 aromatic rings. The molecule has 0 bridgehead atoms. The van der Waals surface area contributed by atoms with Crippen molar-refractivity contribution in [3.05, 3.63) is 0 Å². The lowest BCUT2D eigenvalue weighted by Crippen LogP contribution is -2.48. The highest BCUT2D eigenvalue weighted by Crippen LogP contribution is 2.30. The number of rotatable bonds is 6. The monoisotopic (exact) mass is 297 g/mol. The van der Waals surface area contributed by atoms with Crippen LogP contribution in [0.4, 0.5) is 0 Å². The minimum absolute atomic E-state index is 0.288. The zero-order chi connectivity index (χ0) is 15.2. The molecule has 21 heavy (non-hydrogen) atoms. The molecular weight excluding hydrogens is 266 g/mol. The van der Waals surface area contributed by atoms with E-state index in [1.165, 1.54) is 32.2 Å². The number of carboxylic acid groups (broad SMARTS) is 1. The lowest BCUT2D eigenvalue weighted by molar-refractivity contribution is -0.138. The molecule has 4 nitrogen and oxygen atoms in total. The van der Waals surface area contributed by atoms with Gasteiger partial charge in [0.15, 0.2) is 0 Å². The lowest BCUT2D eigenvalue weighted by atomic mass is 9.83. The first kappa shape index (κ1) is 16.8. The maximum absolute atomic E-state index is 10.9. The van der Waals surface area contributed by atoms with Crippen LogP contribution in [0.25, 0.3) is 0 Å². The maximum Gasteiger partial charge on any atom is 0.303 e. The molecule has 4 heteroatoms. The fourth-order valence-electron chi connectivity index (χ4n) is 3.99. The number of piperidine rings is 1. The van der Waals surface area contributed by atoms with Crippen LogP contribution in [-0.4, -0.2) is 47.8 Å². The normalized spacial score (nSPS) is 32.8. The van der Waals surface area contributed by atoms with E-state index in [4.69, 9.17) is 9.84 Å². The Hall–Kier alpha value is -0.610. The van der Waals surface area contributed by atoms with Crippen LogP contribution in [0.5, 0.6) is 0 Å². The Morgan fingerprint density at radius 1 is 1.43 bits per heavy atom. The molecule has 2 heterocycles. The summed E-state index contributed by atoms with van der Waals surface area (Å²) < 4.78 is 5.86. The minimum Gasteiger partial charge on any atom is -0.481 e. The summed E-state index contributed by atoms with van der Waals surface area (Å²) in [7, 11) is 0. The number of hydrogen-bond donors (Lipinski definition) is 1. The van der Waals surface area contributed by atoms with Gasteiger partial charge in [-0.1, -0.05) is 20.3 Å². The number of ether oxygens (including phenoxy) is 1. The van der Waals surface area contributed by atoms with Gasteiger partial charge in [0, 0.05) is 25.6 Å². The molecule has 0 aliphatic carbocycles. The van der Waals surface area contributed by atoms with E-state index in [9.17, 15) is 4.79 Å². The molecule has 0 spiro atoms. The Morgan fingerprint density at radius 2 is 2.24 bits per heavy atom. The molecule has 2 fully saturated rings. The quantitative estimate of drug-likeness (QED) is 0.818. The topological polar surface area (TPSA) is 49.8 Å². The Balaban J connectivity index is 1.86. The maximum atomic E-state index is 10.9. The predicted octanol–water partition coefficient (Wildman–Crippen LogP) is 3.16. The number of likely N-dealkylation sites (tertiary alicyclic amines) is 1. The summed E-state index contributed by atoms with van der Waals surface area (Å²) in [4.78, 5) is 13.5. The Kier molecular flexibility index (Phi) is 6.49. The summed E-state index contributed by atoms with van der Waals surface area (Å²) in [6.07, 6.45) is 7.81. The number of aliphatic carboxylic acids is 1. The van der Waals surface area contributed by atoms with Crippen LogP contribution in [0.2, 0.25) is 0 Å². The summed E-state index contributed by atoms with van der Waals surface area (Å²) in [6.45, 7) is 7.47. The van der Waals surface area contributed by atoms with E-state index < -0.39 is 5.97 Å². The smallest absolute Gasteiger partial charge is 0.303 e. The van der Waals surface area contributed by atoms with Crippen molar-refractivity contribution in [2.75, 3.05) is 19.7 Å². The van der Waals surface area contributed by atoms with Crippen LogP contribution in [0.1, 0.15) is 58.8 Å². The summed E-state index contributed by atoms with van der Waals surface area (Å²) in [5.41, 5.74) is 0. The third kappa shape index (κ3) is 4.96. The minimum atomic E-state index is -0.659. The van der Waals surface area contributed by atoms with Gasteiger partial charge in [0.05, 0.1) is 6.10 Å². The van der Waals surface area contributed by atoms with Crippen molar-refractivity contribution in [3.8, 4) is 0 Å². The highest BCUT2D eigenvalue weighted by molar-refractivity contribution is 5.67. The fourth-order valence-corrected chi connectivity index (χ4v) is 3.99. The van der Waals surface area contributed by atoms with Crippen LogP contribution in [0, 0.1) is 11.8 Å². The molecule has 2 aliphatic heterocycles. The third-order valence-electron chi connectivity index (χ3n) is 5.26. The molecule has 2 rings (SSSR count). The summed E-state index contributed by atoms with van der Waals surface area (Å²) >= 11 is 0. The average Bonchev–Trinajstić information content (AvgIpc) is 2.47. The molecule has 1 N–H and O–H groups in total. The van der Waals surface area contributed by atoms with Gasteiger partial charge in [0.1, 0.15) is 0 Å². The van der Waals surface area contributed by atoms with Crippen molar-refractivity contribution in [2.45, 2.75) is 70.9 Å². The van der Waals surface area contributed by atoms with Crippen LogP contribution < -0.4 is 0 Å². The molecule has 2 aliphatic rings. The molecule has 0 saturated carbocycles. The molecule has 0 amide bonds. The highest BCUT2D eigenvalue weighted by Gasteiger charge is 2.32. The Morgan fingerprint density at radius 3 is 2.95 bits per heavy atom. The Bertz CT molecular complexity index is 332. The molecular formula is C17H31NO3. The molecule has 0 aromatic heterocycles. The second kappa shape index (κ2) is 8.14. The van der Waals surface area contributed by atoms with Crippen molar-refractivity contribution in [3.63, 3.8) is 0 Å². The van der Waals surface area contributed by atoms with Gasteiger partial charge in [-0.3, -0.25) is 9.69 Å². The van der Waals surface area contributed by atoms with E-state index in [0.29, 0.717) is 24.5 Å². The molecule has 122 valence electrons. The van der Waals surface area contributed by atoms with Gasteiger partial charge in [-0.05, 0) is 50.5 Å². The predicted molar refractivity (Wildman–Crippen MR) is 83.4 cm³/mol. The fraction of sp³-hybridized carbons (Fsp3) is 0.941. The first-order chi connectivity index (χ1) is 10.1. The van der Waals surface area contributed by atoms with Crippen molar-refractivity contribution in [1.82, 2.24) is 4.90 Å². The van der Waals surface area contributed by atoms with Crippen molar-refractivity contribution < 1.29 is 14.6 Å². The van der Waals surface area contributed by atoms with Crippen LogP contribution in [0.15, 0.2) is 0 Å². The molecule has 0 aromatic carbocycles. The summed E-state index contributed by atoms with van der Waals surface area (Å²) in [6, 6.07) is 0.648. The lowest BCUT2D eigenvalue weighted by Gasteiger charge is -2.43. The zero-order valence-electron chi connectivity index (χ0n) is 13.6. The van der Waals surface area contributed by atoms with E-state index in [1.807, 2.05) is 0 Å². The van der Waals surface area contributed by atoms with Crippen LogP contribution in [0.3, 0.4) is 0 Å².